The summed E-state index contributed by atoms with van der Waals surface area (Å²) in [5.74, 6) is -0.155. The summed E-state index contributed by atoms with van der Waals surface area (Å²) >= 11 is 0. The smallest absolute Gasteiger partial charge is 0.233 e. The van der Waals surface area contributed by atoms with Gasteiger partial charge in [0, 0.05) is 30.7 Å². The average Bonchev–Trinajstić information content (AvgIpc) is 3.18. The largest absolute Gasteiger partial charge is 0.339 e. The zero-order chi connectivity index (χ0) is 14.3. The van der Waals surface area contributed by atoms with Crippen molar-refractivity contribution in [1.82, 2.24) is 10.2 Å². The second-order valence-corrected chi connectivity index (χ2v) is 6.24. The van der Waals surface area contributed by atoms with Crippen LogP contribution in [0.2, 0.25) is 0 Å². The van der Waals surface area contributed by atoms with Gasteiger partial charge in [0.25, 0.3) is 0 Å². The molecule has 116 valence electrons. The Morgan fingerprint density at radius 2 is 1.81 bits per heavy atom. The number of halogens is 2. The number of amides is 1. The van der Waals surface area contributed by atoms with Crippen LogP contribution in [-0.2, 0) is 10.2 Å². The first-order valence-corrected chi connectivity index (χ1v) is 7.33. The van der Waals surface area contributed by atoms with Gasteiger partial charge in [-0.15, -0.1) is 12.4 Å². The molecule has 0 bridgehead atoms. The molecule has 5 heteroatoms. The Labute approximate surface area is 131 Å². The Bertz CT molecular complexity index is 523. The molecule has 2 atom stereocenters. The summed E-state index contributed by atoms with van der Waals surface area (Å²) in [5.41, 5.74) is -0.0221. The van der Waals surface area contributed by atoms with E-state index in [0.717, 1.165) is 12.8 Å². The van der Waals surface area contributed by atoms with Gasteiger partial charge in [0.15, 0.2) is 0 Å². The van der Waals surface area contributed by atoms with E-state index in [2.05, 4.69) is 19.2 Å². The normalized spacial score (nSPS) is 26.9. The van der Waals surface area contributed by atoms with E-state index in [4.69, 9.17) is 0 Å². The van der Waals surface area contributed by atoms with Gasteiger partial charge in [-0.2, -0.15) is 0 Å². The highest BCUT2D eigenvalue weighted by atomic mass is 35.5. The molecule has 21 heavy (non-hydrogen) atoms. The second-order valence-electron chi connectivity index (χ2n) is 6.24. The van der Waals surface area contributed by atoms with Crippen LogP contribution in [0.15, 0.2) is 24.3 Å². The minimum absolute atomic E-state index is 0. The fourth-order valence-electron chi connectivity index (χ4n) is 3.37. The zero-order valence-electron chi connectivity index (χ0n) is 12.4. The molecule has 3 nitrogen and oxygen atoms in total. The Kier molecular flexibility index (Phi) is 4.59. The molecule has 1 heterocycles. The van der Waals surface area contributed by atoms with Gasteiger partial charge in [0.05, 0.1) is 5.41 Å². The lowest BCUT2D eigenvalue weighted by molar-refractivity contribution is -0.135. The number of benzene rings is 1. The molecular weight excluding hydrogens is 291 g/mol. The monoisotopic (exact) mass is 312 g/mol. The van der Waals surface area contributed by atoms with Gasteiger partial charge in [-0.1, -0.05) is 18.2 Å². The van der Waals surface area contributed by atoms with E-state index in [9.17, 15) is 9.18 Å². The van der Waals surface area contributed by atoms with Crippen LogP contribution in [0.1, 0.15) is 32.3 Å². The summed E-state index contributed by atoms with van der Waals surface area (Å²) in [6, 6.07) is 7.28. The molecule has 0 spiro atoms. The summed E-state index contributed by atoms with van der Waals surface area (Å²) in [6.07, 6.45) is 1.53. The number of hydrogen-bond donors (Lipinski definition) is 1. The maximum Gasteiger partial charge on any atom is 0.233 e. The first-order valence-electron chi connectivity index (χ1n) is 7.33. The lowest BCUT2D eigenvalue weighted by atomic mass is 9.93. The van der Waals surface area contributed by atoms with Gasteiger partial charge in [-0.05, 0) is 32.8 Å². The Morgan fingerprint density at radius 1 is 1.24 bits per heavy atom. The van der Waals surface area contributed by atoms with E-state index < -0.39 is 5.41 Å². The van der Waals surface area contributed by atoms with E-state index in [-0.39, 0.29) is 24.1 Å². The number of rotatable bonds is 2. The van der Waals surface area contributed by atoms with Crippen LogP contribution in [-0.4, -0.2) is 36.0 Å². The highest BCUT2D eigenvalue weighted by Gasteiger charge is 2.54. The van der Waals surface area contributed by atoms with Crippen molar-refractivity contribution in [2.24, 2.45) is 0 Å². The fraction of sp³-hybridized carbons (Fsp3) is 0.562. The average molecular weight is 313 g/mol. The van der Waals surface area contributed by atoms with Crippen molar-refractivity contribution in [3.05, 3.63) is 35.6 Å². The highest BCUT2D eigenvalue weighted by Crippen LogP contribution is 2.50. The van der Waals surface area contributed by atoms with E-state index >= 15 is 0 Å². The van der Waals surface area contributed by atoms with Crippen molar-refractivity contribution in [2.45, 2.75) is 44.2 Å². The minimum Gasteiger partial charge on any atom is -0.339 e. The summed E-state index contributed by atoms with van der Waals surface area (Å²) in [4.78, 5) is 14.8. The summed E-state index contributed by atoms with van der Waals surface area (Å²) in [5, 5.41) is 3.42. The highest BCUT2D eigenvalue weighted by molar-refractivity contribution is 5.91. The third-order valence-corrected chi connectivity index (χ3v) is 4.39. The molecule has 0 aromatic heterocycles. The van der Waals surface area contributed by atoms with Crippen molar-refractivity contribution in [1.29, 1.82) is 0 Å². The third-order valence-electron chi connectivity index (χ3n) is 4.39. The topological polar surface area (TPSA) is 32.3 Å². The van der Waals surface area contributed by atoms with E-state index in [1.165, 1.54) is 6.07 Å². The van der Waals surface area contributed by atoms with Crippen LogP contribution >= 0.6 is 12.4 Å². The molecule has 1 aliphatic carbocycles. The second kappa shape index (κ2) is 5.93. The summed E-state index contributed by atoms with van der Waals surface area (Å²) in [7, 11) is 0. The van der Waals surface area contributed by atoms with Gasteiger partial charge >= 0.3 is 0 Å². The van der Waals surface area contributed by atoms with Crippen molar-refractivity contribution in [3.63, 3.8) is 0 Å². The van der Waals surface area contributed by atoms with Crippen LogP contribution in [0, 0.1) is 5.82 Å². The number of carbonyl (C=O) groups excluding carboxylic acids is 1. The zero-order valence-corrected chi connectivity index (χ0v) is 13.3. The molecule has 2 fully saturated rings. The first kappa shape index (κ1) is 16.2. The van der Waals surface area contributed by atoms with Crippen molar-refractivity contribution in [3.8, 4) is 0 Å². The fourth-order valence-corrected chi connectivity index (χ4v) is 3.37. The molecule has 1 aliphatic heterocycles. The number of piperazine rings is 1. The summed E-state index contributed by atoms with van der Waals surface area (Å²) < 4.78 is 14.0. The maximum atomic E-state index is 14.0. The third kappa shape index (κ3) is 2.92. The molecule has 2 aliphatic rings. The lowest BCUT2D eigenvalue weighted by Gasteiger charge is -2.38. The number of carbonyl (C=O) groups is 1. The van der Waals surface area contributed by atoms with E-state index in [1.807, 2.05) is 11.0 Å². The SMILES string of the molecule is CC1CN(C(=O)C2(c3ccccc3F)CC2)CC(C)N1.Cl. The summed E-state index contributed by atoms with van der Waals surface area (Å²) in [6.45, 7) is 5.58. The van der Waals surface area contributed by atoms with Gasteiger partial charge in [0.1, 0.15) is 5.82 Å². The molecule has 0 radical (unpaired) electrons. The quantitative estimate of drug-likeness (QED) is 0.910. The predicted molar refractivity (Wildman–Crippen MR) is 83.2 cm³/mol. The molecule has 1 aromatic carbocycles. The Hall–Kier alpha value is -1.13. The predicted octanol–water partition coefficient (Wildman–Crippen LogP) is 2.49. The Balaban J connectivity index is 0.00000161. The molecule has 2 unspecified atom stereocenters. The standard InChI is InChI=1S/C16H21FN2O.ClH/c1-11-9-19(10-12(2)18-11)15(20)16(7-8-16)13-5-3-4-6-14(13)17;/h3-6,11-12,18H,7-10H2,1-2H3;1H. The first-order chi connectivity index (χ1) is 9.53. The van der Waals surface area contributed by atoms with Gasteiger partial charge in [0.2, 0.25) is 5.91 Å². The Morgan fingerprint density at radius 3 is 2.33 bits per heavy atom. The van der Waals surface area contributed by atoms with Crippen molar-refractivity contribution in [2.75, 3.05) is 13.1 Å². The molecule has 1 saturated carbocycles. The lowest BCUT2D eigenvalue weighted by Crippen LogP contribution is -2.57. The molecule has 1 saturated heterocycles. The van der Waals surface area contributed by atoms with Gasteiger partial charge in [-0.3, -0.25) is 4.79 Å². The molecule has 3 rings (SSSR count). The maximum absolute atomic E-state index is 14.0. The number of hydrogen-bond acceptors (Lipinski definition) is 2. The van der Waals surface area contributed by atoms with E-state index in [1.54, 1.807) is 12.1 Å². The number of nitrogens with one attached hydrogen (secondary N) is 1. The van der Waals surface area contributed by atoms with Crippen molar-refractivity contribution < 1.29 is 9.18 Å². The molecule has 1 aromatic rings. The van der Waals surface area contributed by atoms with Gasteiger partial charge < -0.3 is 10.2 Å². The van der Waals surface area contributed by atoms with Crippen LogP contribution in [0.3, 0.4) is 0 Å². The minimum atomic E-state index is -0.595. The van der Waals surface area contributed by atoms with E-state index in [0.29, 0.717) is 30.7 Å². The molecule has 1 N–H and O–H groups in total. The molecular formula is C16H22ClFN2O. The van der Waals surface area contributed by atoms with Crippen LogP contribution < -0.4 is 5.32 Å². The molecule has 1 amide bonds. The van der Waals surface area contributed by atoms with Crippen LogP contribution in [0.4, 0.5) is 4.39 Å². The van der Waals surface area contributed by atoms with Crippen LogP contribution in [0.5, 0.6) is 0 Å². The van der Waals surface area contributed by atoms with Gasteiger partial charge in [-0.25, -0.2) is 4.39 Å². The number of nitrogens with zero attached hydrogens (tertiary/aromatic N) is 1. The van der Waals surface area contributed by atoms with Crippen LogP contribution in [0.25, 0.3) is 0 Å². The van der Waals surface area contributed by atoms with Crippen molar-refractivity contribution >= 4 is 18.3 Å².